The highest BCUT2D eigenvalue weighted by molar-refractivity contribution is 7.20. The number of carbonyl (C=O) groups excluding carboxylic acids is 2. The van der Waals surface area contributed by atoms with E-state index in [2.05, 4.69) is 15.2 Å². The molecule has 1 N–H and O–H groups in total. The monoisotopic (exact) mass is 425 g/mol. The van der Waals surface area contributed by atoms with Crippen LogP contribution in [-0.4, -0.2) is 28.8 Å². The molecule has 4 rings (SSSR count). The summed E-state index contributed by atoms with van der Waals surface area (Å²) in [4.78, 5) is 25.7. The second-order valence-electron chi connectivity index (χ2n) is 6.33. The molecular formula is C21H16ClN3O3S. The van der Waals surface area contributed by atoms with Gasteiger partial charge in [0.05, 0.1) is 28.9 Å². The quantitative estimate of drug-likeness (QED) is 0.462. The van der Waals surface area contributed by atoms with Gasteiger partial charge in [-0.25, -0.2) is 9.48 Å². The number of carbonyl (C=O) groups is 2. The Bertz CT molecular complexity index is 1210. The fourth-order valence-electron chi connectivity index (χ4n) is 2.92. The van der Waals surface area contributed by atoms with E-state index in [9.17, 15) is 9.59 Å². The number of benzene rings is 2. The molecule has 0 saturated carbocycles. The summed E-state index contributed by atoms with van der Waals surface area (Å²) < 4.78 is 6.49. The fourth-order valence-corrected chi connectivity index (χ4v) is 4.12. The molecule has 146 valence electrons. The second-order valence-corrected chi connectivity index (χ2v) is 7.79. The van der Waals surface area contributed by atoms with Crippen molar-refractivity contribution in [3.05, 3.63) is 75.8 Å². The van der Waals surface area contributed by atoms with Gasteiger partial charge >= 0.3 is 5.97 Å². The lowest BCUT2D eigenvalue weighted by atomic mass is 10.2. The molecule has 0 aliphatic heterocycles. The predicted molar refractivity (Wildman–Crippen MR) is 114 cm³/mol. The lowest BCUT2D eigenvalue weighted by Gasteiger charge is -2.05. The van der Waals surface area contributed by atoms with Gasteiger partial charge in [-0.2, -0.15) is 5.10 Å². The van der Waals surface area contributed by atoms with Gasteiger partial charge in [0, 0.05) is 16.1 Å². The average Bonchev–Trinajstić information content (AvgIpc) is 3.29. The molecule has 6 nitrogen and oxygen atoms in total. The molecule has 0 aliphatic rings. The van der Waals surface area contributed by atoms with Gasteiger partial charge in [0.15, 0.2) is 0 Å². The van der Waals surface area contributed by atoms with Crippen LogP contribution >= 0.6 is 22.9 Å². The first kappa shape index (κ1) is 19.2. The summed E-state index contributed by atoms with van der Waals surface area (Å²) in [6.07, 6.45) is 0. The number of fused-ring (bicyclic) bond motifs is 1. The van der Waals surface area contributed by atoms with Crippen LogP contribution < -0.4 is 5.32 Å². The van der Waals surface area contributed by atoms with Crippen LogP contribution in [0.2, 0.25) is 5.02 Å². The number of nitrogens with one attached hydrogen (secondary N) is 1. The number of aryl methyl sites for hydroxylation is 1. The molecule has 0 unspecified atom stereocenters. The van der Waals surface area contributed by atoms with Crippen LogP contribution in [0, 0.1) is 6.92 Å². The zero-order valence-electron chi connectivity index (χ0n) is 15.6. The molecule has 0 atom stereocenters. The summed E-state index contributed by atoms with van der Waals surface area (Å²) >= 11 is 7.34. The van der Waals surface area contributed by atoms with Crippen LogP contribution in [0.15, 0.2) is 54.6 Å². The number of thiophene rings is 1. The molecule has 1 amide bonds. The number of methoxy groups -OCH3 is 1. The van der Waals surface area contributed by atoms with Crippen LogP contribution in [0.4, 0.5) is 5.69 Å². The predicted octanol–water partition coefficient (Wildman–Crippen LogP) is 5.09. The Hall–Kier alpha value is -3.16. The van der Waals surface area contributed by atoms with Gasteiger partial charge in [-0.05, 0) is 61.5 Å². The number of aromatic nitrogens is 2. The topological polar surface area (TPSA) is 73.2 Å². The van der Waals surface area contributed by atoms with Gasteiger partial charge in [0.2, 0.25) is 0 Å². The van der Waals surface area contributed by atoms with Crippen molar-refractivity contribution in [1.82, 2.24) is 9.78 Å². The van der Waals surface area contributed by atoms with Gasteiger partial charge in [-0.15, -0.1) is 11.3 Å². The van der Waals surface area contributed by atoms with Crippen molar-refractivity contribution in [1.29, 1.82) is 0 Å². The fraction of sp³-hybridized carbons (Fsp3) is 0.0952. The van der Waals surface area contributed by atoms with Gasteiger partial charge in [0.1, 0.15) is 4.83 Å². The molecule has 0 spiro atoms. The minimum Gasteiger partial charge on any atom is -0.465 e. The number of halogens is 1. The first-order valence-electron chi connectivity index (χ1n) is 8.71. The summed E-state index contributed by atoms with van der Waals surface area (Å²) in [6.45, 7) is 1.91. The highest BCUT2D eigenvalue weighted by Gasteiger charge is 2.17. The minimum atomic E-state index is -0.422. The number of esters is 1. The standard InChI is InChI=1S/C21H16ClN3O3S/c1-12-17-11-18(19(26)23-15-7-3-13(4-8-15)21(27)28-2)29-20(17)25(24-12)16-9-5-14(22)6-10-16/h3-11H,1-2H3,(H,23,26). The van der Waals surface area contributed by atoms with E-state index in [1.165, 1.54) is 18.4 Å². The van der Waals surface area contributed by atoms with E-state index in [1.54, 1.807) is 36.4 Å². The van der Waals surface area contributed by atoms with E-state index < -0.39 is 5.97 Å². The zero-order chi connectivity index (χ0) is 20.5. The Balaban J connectivity index is 1.61. The van der Waals surface area contributed by atoms with Crippen LogP contribution in [0.5, 0.6) is 0 Å². The Morgan fingerprint density at radius 3 is 2.45 bits per heavy atom. The summed E-state index contributed by atoms with van der Waals surface area (Å²) in [7, 11) is 1.33. The Kier molecular flexibility index (Phi) is 5.08. The molecule has 29 heavy (non-hydrogen) atoms. The maximum Gasteiger partial charge on any atom is 0.337 e. The maximum absolute atomic E-state index is 12.7. The number of nitrogens with zero attached hydrogens (tertiary/aromatic N) is 2. The average molecular weight is 426 g/mol. The van der Waals surface area contributed by atoms with Gasteiger partial charge < -0.3 is 10.1 Å². The van der Waals surface area contributed by atoms with Crippen molar-refractivity contribution in [2.45, 2.75) is 6.92 Å². The molecule has 0 saturated heterocycles. The molecular weight excluding hydrogens is 410 g/mol. The number of amides is 1. The maximum atomic E-state index is 12.7. The van der Waals surface area contributed by atoms with Gasteiger partial charge in [-0.1, -0.05) is 11.6 Å². The van der Waals surface area contributed by atoms with E-state index >= 15 is 0 Å². The van der Waals surface area contributed by atoms with Crippen molar-refractivity contribution >= 4 is 50.7 Å². The number of hydrogen-bond donors (Lipinski definition) is 1. The molecule has 2 aromatic carbocycles. The van der Waals surface area contributed by atoms with Crippen molar-refractivity contribution in [3.8, 4) is 5.69 Å². The van der Waals surface area contributed by atoms with Crippen molar-refractivity contribution in [3.63, 3.8) is 0 Å². The largest absolute Gasteiger partial charge is 0.465 e. The summed E-state index contributed by atoms with van der Waals surface area (Å²) in [6, 6.07) is 15.8. The normalized spacial score (nSPS) is 10.9. The molecule has 4 aromatic rings. The molecule has 0 fully saturated rings. The van der Waals surface area contributed by atoms with E-state index in [0.29, 0.717) is 21.2 Å². The minimum absolute atomic E-state index is 0.223. The smallest absolute Gasteiger partial charge is 0.337 e. The zero-order valence-corrected chi connectivity index (χ0v) is 17.2. The molecule has 0 aliphatic carbocycles. The molecule has 8 heteroatoms. The third-order valence-electron chi connectivity index (χ3n) is 4.40. The van der Waals surface area contributed by atoms with Crippen LogP contribution in [0.1, 0.15) is 25.7 Å². The first-order valence-corrected chi connectivity index (χ1v) is 9.90. The second kappa shape index (κ2) is 7.69. The number of rotatable bonds is 4. The van der Waals surface area contributed by atoms with Gasteiger partial charge in [-0.3, -0.25) is 4.79 Å². The number of anilines is 1. The highest BCUT2D eigenvalue weighted by atomic mass is 35.5. The third kappa shape index (κ3) is 3.74. The molecule has 2 aromatic heterocycles. The third-order valence-corrected chi connectivity index (χ3v) is 5.76. The van der Waals surface area contributed by atoms with Crippen LogP contribution in [0.3, 0.4) is 0 Å². The number of ether oxygens (including phenoxy) is 1. The van der Waals surface area contributed by atoms with E-state index in [-0.39, 0.29) is 5.91 Å². The summed E-state index contributed by atoms with van der Waals surface area (Å²) in [5, 5.41) is 9.01. The number of hydrogen-bond acceptors (Lipinski definition) is 5. The molecule has 0 radical (unpaired) electrons. The molecule has 0 bridgehead atoms. The van der Waals surface area contributed by atoms with Crippen molar-refractivity contribution in [2.24, 2.45) is 0 Å². The lowest BCUT2D eigenvalue weighted by Crippen LogP contribution is -2.10. The lowest BCUT2D eigenvalue weighted by molar-refractivity contribution is 0.0600. The van der Waals surface area contributed by atoms with E-state index in [4.69, 9.17) is 11.6 Å². The van der Waals surface area contributed by atoms with E-state index in [0.717, 1.165) is 21.6 Å². The van der Waals surface area contributed by atoms with Crippen LogP contribution in [-0.2, 0) is 4.74 Å². The van der Waals surface area contributed by atoms with Gasteiger partial charge in [0.25, 0.3) is 5.91 Å². The van der Waals surface area contributed by atoms with Crippen molar-refractivity contribution < 1.29 is 14.3 Å². The first-order chi connectivity index (χ1) is 14.0. The summed E-state index contributed by atoms with van der Waals surface area (Å²) in [5.74, 6) is -0.645. The summed E-state index contributed by atoms with van der Waals surface area (Å²) in [5.41, 5.74) is 2.73. The Labute approximate surface area is 175 Å². The SMILES string of the molecule is COC(=O)c1ccc(NC(=O)c2cc3c(C)nn(-c4ccc(Cl)cc4)c3s2)cc1. The Morgan fingerprint density at radius 2 is 1.79 bits per heavy atom. The molecule has 2 heterocycles. The van der Waals surface area contributed by atoms with Crippen molar-refractivity contribution in [2.75, 3.05) is 12.4 Å². The van der Waals surface area contributed by atoms with Crippen LogP contribution in [0.25, 0.3) is 15.9 Å². The highest BCUT2D eigenvalue weighted by Crippen LogP contribution is 2.31. The van der Waals surface area contributed by atoms with E-state index in [1.807, 2.05) is 29.8 Å². The Morgan fingerprint density at radius 1 is 1.10 bits per heavy atom.